The molecule has 0 aromatic heterocycles. The minimum Gasteiger partial charge on any atom is -0.496 e. The van der Waals surface area contributed by atoms with Crippen LogP contribution >= 0.6 is 0 Å². The summed E-state index contributed by atoms with van der Waals surface area (Å²) in [6.45, 7) is 2.49. The molecule has 8 heteroatoms. The lowest BCUT2D eigenvalue weighted by Gasteiger charge is -2.35. The first kappa shape index (κ1) is 18.7. The molecule has 1 aromatic rings. The summed E-state index contributed by atoms with van der Waals surface area (Å²) in [6, 6.07) is 3.66. The molecule has 0 aliphatic carbocycles. The molecule has 0 bridgehead atoms. The van der Waals surface area contributed by atoms with Gasteiger partial charge in [-0.25, -0.2) is 12.8 Å². The number of rotatable bonds is 5. The van der Waals surface area contributed by atoms with E-state index in [0.29, 0.717) is 18.8 Å². The molecule has 1 atom stereocenters. The van der Waals surface area contributed by atoms with Gasteiger partial charge in [0.25, 0.3) is 0 Å². The molecule has 1 aromatic carbocycles. The first-order valence-corrected chi connectivity index (χ1v) is 9.66. The molecule has 6 nitrogen and oxygen atoms in total. The fourth-order valence-electron chi connectivity index (χ4n) is 3.11. The van der Waals surface area contributed by atoms with Gasteiger partial charge in [0.15, 0.2) is 14.6 Å². The number of carbonyl (C=O) groups excluding carboxylic acids is 1. The van der Waals surface area contributed by atoms with E-state index in [1.54, 1.807) is 13.0 Å². The van der Waals surface area contributed by atoms with Gasteiger partial charge in [0.1, 0.15) is 11.6 Å². The van der Waals surface area contributed by atoms with Crippen molar-refractivity contribution in [3.05, 3.63) is 29.6 Å². The number of hydrogen-bond donors (Lipinski definition) is 2. The van der Waals surface area contributed by atoms with Crippen LogP contribution in [0.2, 0.25) is 0 Å². The van der Waals surface area contributed by atoms with Crippen LogP contribution in [-0.2, 0) is 14.6 Å². The number of amides is 1. The van der Waals surface area contributed by atoms with E-state index in [-0.39, 0.29) is 18.4 Å². The summed E-state index contributed by atoms with van der Waals surface area (Å²) in [5.41, 5.74) is 0.200. The molecule has 1 heterocycles. The molecular formula is C16H23FN2O4S. The maximum Gasteiger partial charge on any atom is 0.242 e. The lowest BCUT2D eigenvalue weighted by molar-refractivity contribution is -0.125. The highest BCUT2D eigenvalue weighted by atomic mass is 32.2. The van der Waals surface area contributed by atoms with Crippen LogP contribution in [-0.4, -0.2) is 45.5 Å². The fraction of sp³-hybridized carbons (Fsp3) is 0.562. The topological polar surface area (TPSA) is 84.5 Å². The quantitative estimate of drug-likeness (QED) is 0.826. The Balaban J connectivity index is 2.31. The maximum atomic E-state index is 14.2. The smallest absolute Gasteiger partial charge is 0.242 e. The number of carbonyl (C=O) groups is 1. The van der Waals surface area contributed by atoms with Gasteiger partial charge in [-0.2, -0.15) is 0 Å². The number of hydrogen-bond acceptors (Lipinski definition) is 5. The summed E-state index contributed by atoms with van der Waals surface area (Å²) in [7, 11) is -2.20. The lowest BCUT2D eigenvalue weighted by Crippen LogP contribution is -2.57. The third kappa shape index (κ3) is 3.39. The van der Waals surface area contributed by atoms with Gasteiger partial charge in [-0.15, -0.1) is 0 Å². The van der Waals surface area contributed by atoms with Crippen LogP contribution in [0.4, 0.5) is 4.39 Å². The van der Waals surface area contributed by atoms with E-state index >= 15 is 0 Å². The van der Waals surface area contributed by atoms with E-state index in [4.69, 9.17) is 4.74 Å². The number of ether oxygens (including phenoxy) is 1. The normalized spacial score (nSPS) is 18.7. The Morgan fingerprint density at radius 2 is 2.00 bits per heavy atom. The first-order valence-electron chi connectivity index (χ1n) is 7.76. The van der Waals surface area contributed by atoms with E-state index in [1.807, 2.05) is 0 Å². The summed E-state index contributed by atoms with van der Waals surface area (Å²) in [5, 5.41) is 5.72. The second-order valence-electron chi connectivity index (χ2n) is 6.07. The van der Waals surface area contributed by atoms with Gasteiger partial charge in [-0.05, 0) is 45.0 Å². The van der Waals surface area contributed by atoms with Crippen LogP contribution in [0.25, 0.3) is 0 Å². The van der Waals surface area contributed by atoms with Crippen LogP contribution in [0.15, 0.2) is 18.2 Å². The van der Waals surface area contributed by atoms with Gasteiger partial charge in [-0.3, -0.25) is 4.79 Å². The Morgan fingerprint density at radius 1 is 1.38 bits per heavy atom. The number of benzene rings is 1. The first-order chi connectivity index (χ1) is 11.2. The molecule has 2 rings (SSSR count). The SMILES string of the molecule is COc1cccc(F)c1C(C)NC(=O)C1(S(C)(=O)=O)CCNCC1. The van der Waals surface area contributed by atoms with E-state index in [1.165, 1.54) is 19.2 Å². The molecule has 2 N–H and O–H groups in total. The molecule has 1 amide bonds. The van der Waals surface area contributed by atoms with Crippen molar-refractivity contribution in [3.63, 3.8) is 0 Å². The highest BCUT2D eigenvalue weighted by molar-refractivity contribution is 7.92. The molecule has 1 aliphatic heterocycles. The molecule has 24 heavy (non-hydrogen) atoms. The second kappa shape index (κ2) is 7.06. The van der Waals surface area contributed by atoms with Crippen molar-refractivity contribution in [2.24, 2.45) is 0 Å². The Hall–Kier alpha value is -1.67. The number of piperidine rings is 1. The van der Waals surface area contributed by atoms with E-state index < -0.39 is 32.4 Å². The van der Waals surface area contributed by atoms with Crippen LogP contribution < -0.4 is 15.4 Å². The molecule has 1 fully saturated rings. The van der Waals surface area contributed by atoms with Crippen molar-refractivity contribution in [2.45, 2.75) is 30.6 Å². The van der Waals surface area contributed by atoms with Gasteiger partial charge in [0.2, 0.25) is 5.91 Å². The van der Waals surface area contributed by atoms with Crippen molar-refractivity contribution in [3.8, 4) is 5.75 Å². The van der Waals surface area contributed by atoms with Crippen LogP contribution in [0.3, 0.4) is 0 Å². The third-order valence-electron chi connectivity index (χ3n) is 4.55. The predicted octanol–water partition coefficient (Wildman–Crippen LogP) is 1.18. The highest BCUT2D eigenvalue weighted by Gasteiger charge is 2.49. The number of sulfone groups is 1. The molecule has 1 aliphatic rings. The molecule has 134 valence electrons. The lowest BCUT2D eigenvalue weighted by atomic mass is 9.95. The van der Waals surface area contributed by atoms with Crippen molar-refractivity contribution in [2.75, 3.05) is 26.5 Å². The van der Waals surface area contributed by atoms with Gasteiger partial charge in [-0.1, -0.05) is 6.07 Å². The van der Waals surface area contributed by atoms with Crippen LogP contribution in [0.1, 0.15) is 31.4 Å². The molecular weight excluding hydrogens is 335 g/mol. The summed E-state index contributed by atoms with van der Waals surface area (Å²) in [5.74, 6) is -0.799. The van der Waals surface area contributed by atoms with Gasteiger partial charge in [0.05, 0.1) is 18.7 Å². The van der Waals surface area contributed by atoms with Gasteiger partial charge in [0, 0.05) is 6.26 Å². The Morgan fingerprint density at radius 3 is 2.54 bits per heavy atom. The molecule has 0 spiro atoms. The largest absolute Gasteiger partial charge is 0.496 e. The molecule has 1 unspecified atom stereocenters. The van der Waals surface area contributed by atoms with Crippen molar-refractivity contribution < 1.29 is 22.3 Å². The Kier molecular flexibility index (Phi) is 5.49. The predicted molar refractivity (Wildman–Crippen MR) is 89.2 cm³/mol. The highest BCUT2D eigenvalue weighted by Crippen LogP contribution is 2.31. The third-order valence-corrected chi connectivity index (χ3v) is 6.56. The summed E-state index contributed by atoms with van der Waals surface area (Å²) < 4.78 is 42.4. The zero-order valence-electron chi connectivity index (χ0n) is 14.1. The minimum atomic E-state index is -3.62. The molecule has 0 radical (unpaired) electrons. The van der Waals surface area contributed by atoms with E-state index in [2.05, 4.69) is 10.6 Å². The second-order valence-corrected chi connectivity index (χ2v) is 8.39. The standard InChI is InChI=1S/C16H23FN2O4S/c1-11(14-12(17)5-4-6-13(14)23-2)19-15(20)16(24(3,21)22)7-9-18-10-8-16/h4-6,11,18H,7-10H2,1-3H3,(H,19,20). The minimum absolute atomic E-state index is 0.193. The van der Waals surface area contributed by atoms with Crippen LogP contribution in [0.5, 0.6) is 5.75 Å². The van der Waals surface area contributed by atoms with Crippen molar-refractivity contribution in [1.82, 2.24) is 10.6 Å². The number of halogens is 1. The van der Waals surface area contributed by atoms with E-state index in [9.17, 15) is 17.6 Å². The Labute approximate surface area is 141 Å². The molecule has 1 saturated heterocycles. The average molecular weight is 358 g/mol. The van der Waals surface area contributed by atoms with Crippen molar-refractivity contribution in [1.29, 1.82) is 0 Å². The fourth-order valence-corrected chi connectivity index (χ4v) is 4.45. The number of nitrogens with one attached hydrogen (secondary N) is 2. The average Bonchev–Trinajstić information content (AvgIpc) is 2.53. The monoisotopic (exact) mass is 358 g/mol. The summed E-state index contributed by atoms with van der Waals surface area (Å²) >= 11 is 0. The zero-order valence-corrected chi connectivity index (χ0v) is 14.9. The summed E-state index contributed by atoms with van der Waals surface area (Å²) in [6.07, 6.45) is 1.46. The Bertz CT molecular complexity index is 715. The van der Waals surface area contributed by atoms with E-state index in [0.717, 1.165) is 6.26 Å². The van der Waals surface area contributed by atoms with Crippen molar-refractivity contribution >= 4 is 15.7 Å². The van der Waals surface area contributed by atoms with Gasteiger partial charge >= 0.3 is 0 Å². The zero-order chi connectivity index (χ0) is 18.0. The number of methoxy groups -OCH3 is 1. The molecule has 0 saturated carbocycles. The maximum absolute atomic E-state index is 14.2. The van der Waals surface area contributed by atoms with Gasteiger partial charge < -0.3 is 15.4 Å². The summed E-state index contributed by atoms with van der Waals surface area (Å²) in [4.78, 5) is 12.8. The van der Waals surface area contributed by atoms with Crippen LogP contribution in [0, 0.1) is 5.82 Å².